The molecule has 162 valence electrons. The Labute approximate surface area is 182 Å². The lowest BCUT2D eigenvalue weighted by atomic mass is 10.0. The fourth-order valence-corrected chi connectivity index (χ4v) is 2.99. The molecule has 0 spiro atoms. The summed E-state index contributed by atoms with van der Waals surface area (Å²) < 4.78 is 5.29. The number of rotatable bonds is 8. The smallest absolute Gasteiger partial charge is 0.251 e. The lowest BCUT2D eigenvalue weighted by Gasteiger charge is -2.09. The van der Waals surface area contributed by atoms with Crippen molar-refractivity contribution in [3.05, 3.63) is 65.5 Å². The molecule has 0 aliphatic heterocycles. The number of carbonyl (C=O) groups is 2. The van der Waals surface area contributed by atoms with Crippen LogP contribution in [0.5, 0.6) is 0 Å². The summed E-state index contributed by atoms with van der Waals surface area (Å²) in [6.45, 7) is 8.09. The van der Waals surface area contributed by atoms with Gasteiger partial charge in [-0.2, -0.15) is 4.98 Å². The number of aryl methyl sites for hydroxylation is 1. The number of nitrogens with zero attached hydrogens (tertiary/aromatic N) is 2. The fourth-order valence-electron chi connectivity index (χ4n) is 2.99. The molecule has 1 heterocycles. The zero-order valence-electron chi connectivity index (χ0n) is 18.3. The molecule has 2 amide bonds. The van der Waals surface area contributed by atoms with Crippen LogP contribution in [0.15, 0.2) is 53.1 Å². The Morgan fingerprint density at radius 1 is 0.968 bits per heavy atom. The molecule has 0 bridgehead atoms. The van der Waals surface area contributed by atoms with Crippen molar-refractivity contribution in [2.24, 2.45) is 0 Å². The highest BCUT2D eigenvalue weighted by Gasteiger charge is 2.12. The van der Waals surface area contributed by atoms with Crippen LogP contribution in [0, 0.1) is 0 Å². The number of amides is 2. The first-order valence-corrected chi connectivity index (χ1v) is 10.5. The van der Waals surface area contributed by atoms with Crippen molar-refractivity contribution in [2.45, 2.75) is 52.5 Å². The lowest BCUT2D eigenvalue weighted by Crippen LogP contribution is -2.30. The highest BCUT2D eigenvalue weighted by molar-refractivity contribution is 5.95. The minimum Gasteiger partial charge on any atom is -0.350 e. The van der Waals surface area contributed by atoms with Gasteiger partial charge in [-0.15, -0.1) is 0 Å². The highest BCUT2D eigenvalue weighted by atomic mass is 16.5. The second kappa shape index (κ2) is 10.0. The summed E-state index contributed by atoms with van der Waals surface area (Å²) in [6.07, 6.45) is 0.557. The van der Waals surface area contributed by atoms with Crippen molar-refractivity contribution in [2.75, 3.05) is 5.32 Å². The quantitative estimate of drug-likeness (QED) is 0.556. The van der Waals surface area contributed by atoms with Crippen LogP contribution < -0.4 is 10.6 Å². The Bertz CT molecular complexity index is 1020. The van der Waals surface area contributed by atoms with E-state index in [2.05, 4.69) is 46.8 Å². The first-order valence-electron chi connectivity index (χ1n) is 10.5. The summed E-state index contributed by atoms with van der Waals surface area (Å²) in [6, 6.07) is 14.9. The maximum Gasteiger partial charge on any atom is 0.251 e. The highest BCUT2D eigenvalue weighted by Crippen LogP contribution is 2.21. The van der Waals surface area contributed by atoms with Crippen LogP contribution in [0.2, 0.25) is 0 Å². The summed E-state index contributed by atoms with van der Waals surface area (Å²) in [4.78, 5) is 28.6. The molecule has 3 rings (SSSR count). The van der Waals surface area contributed by atoms with Gasteiger partial charge in [-0.3, -0.25) is 9.59 Å². The first-order chi connectivity index (χ1) is 14.8. The average molecular weight is 421 g/mol. The molecular formula is C24H28N4O3. The third kappa shape index (κ3) is 6.25. The molecule has 2 aromatic carbocycles. The SMILES string of the molecule is CC(C)NC(=O)c1ccc(NC(=O)CCc2nc(-c3ccc(C(C)C)cc3)no2)cc1. The van der Waals surface area contributed by atoms with E-state index in [0.29, 0.717) is 35.3 Å². The molecule has 0 aliphatic rings. The van der Waals surface area contributed by atoms with Crippen molar-refractivity contribution >= 4 is 17.5 Å². The number of hydrogen-bond donors (Lipinski definition) is 2. The molecule has 0 aliphatic carbocycles. The van der Waals surface area contributed by atoms with Crippen molar-refractivity contribution in [1.82, 2.24) is 15.5 Å². The van der Waals surface area contributed by atoms with Crippen molar-refractivity contribution in [1.29, 1.82) is 0 Å². The van der Waals surface area contributed by atoms with Gasteiger partial charge in [0.1, 0.15) is 0 Å². The molecule has 0 atom stereocenters. The van der Waals surface area contributed by atoms with Crippen LogP contribution in [0.1, 0.15) is 61.8 Å². The van der Waals surface area contributed by atoms with E-state index in [-0.39, 0.29) is 24.3 Å². The molecule has 0 radical (unpaired) electrons. The predicted octanol–water partition coefficient (Wildman–Crippen LogP) is 4.57. The maximum absolute atomic E-state index is 12.2. The molecule has 2 N–H and O–H groups in total. The van der Waals surface area contributed by atoms with Crippen LogP contribution in [0.4, 0.5) is 5.69 Å². The van der Waals surface area contributed by atoms with E-state index in [1.165, 1.54) is 5.56 Å². The largest absolute Gasteiger partial charge is 0.350 e. The third-order valence-corrected chi connectivity index (χ3v) is 4.72. The molecule has 0 saturated heterocycles. The van der Waals surface area contributed by atoms with Gasteiger partial charge in [0.15, 0.2) is 0 Å². The van der Waals surface area contributed by atoms with E-state index >= 15 is 0 Å². The monoisotopic (exact) mass is 420 g/mol. The average Bonchev–Trinajstić information content (AvgIpc) is 3.21. The van der Waals surface area contributed by atoms with E-state index < -0.39 is 0 Å². The molecule has 0 unspecified atom stereocenters. The summed E-state index contributed by atoms with van der Waals surface area (Å²) >= 11 is 0. The van der Waals surface area contributed by atoms with Gasteiger partial charge < -0.3 is 15.2 Å². The lowest BCUT2D eigenvalue weighted by molar-refractivity contribution is -0.116. The van der Waals surface area contributed by atoms with Gasteiger partial charge >= 0.3 is 0 Å². The number of benzene rings is 2. The van der Waals surface area contributed by atoms with Crippen LogP contribution in [0.25, 0.3) is 11.4 Å². The molecule has 1 aromatic heterocycles. The Morgan fingerprint density at radius 3 is 2.26 bits per heavy atom. The number of aromatic nitrogens is 2. The van der Waals surface area contributed by atoms with Gasteiger partial charge in [0.25, 0.3) is 5.91 Å². The maximum atomic E-state index is 12.2. The van der Waals surface area contributed by atoms with Crippen LogP contribution in [0.3, 0.4) is 0 Å². The van der Waals surface area contributed by atoms with Gasteiger partial charge in [-0.1, -0.05) is 43.3 Å². The standard InChI is InChI=1S/C24H28N4O3/c1-15(2)17-5-7-18(8-6-17)23-27-22(31-28-23)14-13-21(29)26-20-11-9-19(10-12-20)24(30)25-16(3)4/h5-12,15-16H,13-14H2,1-4H3,(H,25,30)(H,26,29). The van der Waals surface area contributed by atoms with Gasteiger partial charge in [0, 0.05) is 35.7 Å². The molecule has 0 saturated carbocycles. The summed E-state index contributed by atoms with van der Waals surface area (Å²) in [5, 5.41) is 9.66. The van der Waals surface area contributed by atoms with E-state index in [4.69, 9.17) is 4.52 Å². The fraction of sp³-hybridized carbons (Fsp3) is 0.333. The van der Waals surface area contributed by atoms with Crippen LogP contribution >= 0.6 is 0 Å². The van der Waals surface area contributed by atoms with Crippen LogP contribution in [-0.4, -0.2) is 28.0 Å². The van der Waals surface area contributed by atoms with Crippen molar-refractivity contribution < 1.29 is 14.1 Å². The molecule has 31 heavy (non-hydrogen) atoms. The summed E-state index contributed by atoms with van der Waals surface area (Å²) in [5.74, 6) is 1.08. The summed E-state index contributed by atoms with van der Waals surface area (Å²) in [5.41, 5.74) is 3.30. The van der Waals surface area contributed by atoms with Gasteiger partial charge in [-0.05, 0) is 49.6 Å². The first kappa shape index (κ1) is 22.2. The zero-order chi connectivity index (χ0) is 22.4. The Morgan fingerprint density at radius 2 is 1.65 bits per heavy atom. The Balaban J connectivity index is 1.51. The van der Waals surface area contributed by atoms with Gasteiger partial charge in [0.05, 0.1) is 0 Å². The van der Waals surface area contributed by atoms with E-state index in [1.807, 2.05) is 26.0 Å². The number of carbonyl (C=O) groups excluding carboxylic acids is 2. The zero-order valence-corrected chi connectivity index (χ0v) is 18.3. The molecule has 0 fully saturated rings. The normalized spacial score (nSPS) is 11.0. The molecule has 3 aromatic rings. The number of nitrogens with one attached hydrogen (secondary N) is 2. The van der Waals surface area contributed by atoms with Gasteiger partial charge in [-0.25, -0.2) is 0 Å². The molecular weight excluding hydrogens is 392 g/mol. The van der Waals surface area contributed by atoms with Gasteiger partial charge in [0.2, 0.25) is 17.6 Å². The minimum absolute atomic E-state index is 0.0662. The Kier molecular flexibility index (Phi) is 7.18. The second-order valence-corrected chi connectivity index (χ2v) is 8.04. The third-order valence-electron chi connectivity index (χ3n) is 4.72. The van der Waals surface area contributed by atoms with Crippen molar-refractivity contribution in [3.8, 4) is 11.4 Å². The van der Waals surface area contributed by atoms with E-state index in [9.17, 15) is 9.59 Å². The topological polar surface area (TPSA) is 97.1 Å². The molecule has 7 heteroatoms. The molecule has 7 nitrogen and oxygen atoms in total. The number of anilines is 1. The van der Waals surface area contributed by atoms with Crippen molar-refractivity contribution in [3.63, 3.8) is 0 Å². The predicted molar refractivity (Wildman–Crippen MR) is 120 cm³/mol. The van der Waals surface area contributed by atoms with Crippen LogP contribution in [-0.2, 0) is 11.2 Å². The van der Waals surface area contributed by atoms with E-state index in [0.717, 1.165) is 5.56 Å². The number of hydrogen-bond acceptors (Lipinski definition) is 5. The Hall–Kier alpha value is -3.48. The van der Waals surface area contributed by atoms with E-state index in [1.54, 1.807) is 24.3 Å². The minimum atomic E-state index is -0.166. The second-order valence-electron chi connectivity index (χ2n) is 8.04. The summed E-state index contributed by atoms with van der Waals surface area (Å²) in [7, 11) is 0.